The van der Waals surface area contributed by atoms with Crippen LogP contribution in [-0.2, 0) is 9.53 Å². The smallest absolute Gasteiger partial charge is 0.241 e. The number of nitrogens with zero attached hydrogens (tertiary/aromatic N) is 1. The number of carbonyl (C=O) groups excluding carboxylic acids is 1. The number of thiophene rings is 1. The van der Waals surface area contributed by atoms with Gasteiger partial charge >= 0.3 is 0 Å². The summed E-state index contributed by atoms with van der Waals surface area (Å²) in [4.78, 5) is 15.8. The second kappa shape index (κ2) is 6.70. The summed E-state index contributed by atoms with van der Waals surface area (Å²) in [5, 5.41) is 5.54. The van der Waals surface area contributed by atoms with Crippen molar-refractivity contribution in [3.63, 3.8) is 0 Å². The maximum absolute atomic E-state index is 12.6. The Kier molecular flexibility index (Phi) is 5.18. The van der Waals surface area contributed by atoms with Crippen LogP contribution in [0.4, 0.5) is 0 Å². The molecule has 1 aliphatic heterocycles. The minimum absolute atomic E-state index is 0.00852. The average molecular weight is 296 g/mol. The molecule has 1 amide bonds. The summed E-state index contributed by atoms with van der Waals surface area (Å²) in [5.41, 5.74) is 0. The van der Waals surface area contributed by atoms with Gasteiger partial charge in [0.25, 0.3) is 0 Å². The lowest BCUT2D eigenvalue weighted by molar-refractivity contribution is -0.131. The number of ether oxygens (including phenoxy) is 1. The normalized spacial score (nSPS) is 24.6. The Hall–Kier alpha value is -0.910. The second-order valence-electron chi connectivity index (χ2n) is 5.86. The van der Waals surface area contributed by atoms with Gasteiger partial charge in [0, 0.05) is 18.5 Å². The van der Waals surface area contributed by atoms with Gasteiger partial charge in [0.2, 0.25) is 5.91 Å². The van der Waals surface area contributed by atoms with Gasteiger partial charge in [-0.2, -0.15) is 0 Å². The minimum atomic E-state index is -0.0863. The summed E-state index contributed by atoms with van der Waals surface area (Å²) >= 11 is 1.69. The first kappa shape index (κ1) is 15.5. The standard InChI is InChI=1S/C15H24N2O2S/c1-10(2)13-15(18)17(8-11(3)9-19-4)14(16-13)12-6-5-7-20-12/h5-7,10-11,13-14,16H,8-9H2,1-4H3. The van der Waals surface area contributed by atoms with Crippen LogP contribution >= 0.6 is 11.3 Å². The van der Waals surface area contributed by atoms with Gasteiger partial charge in [0.05, 0.1) is 12.6 Å². The third kappa shape index (κ3) is 3.22. The van der Waals surface area contributed by atoms with Crippen LogP contribution in [0.25, 0.3) is 0 Å². The van der Waals surface area contributed by atoms with Gasteiger partial charge in [0.15, 0.2) is 0 Å². The molecule has 4 nitrogen and oxygen atoms in total. The van der Waals surface area contributed by atoms with Crippen LogP contribution < -0.4 is 5.32 Å². The molecule has 0 radical (unpaired) electrons. The number of hydrogen-bond donors (Lipinski definition) is 1. The van der Waals surface area contributed by atoms with Crippen LogP contribution in [0.1, 0.15) is 31.8 Å². The van der Waals surface area contributed by atoms with Crippen LogP contribution in [0, 0.1) is 11.8 Å². The minimum Gasteiger partial charge on any atom is -0.384 e. The Bertz CT molecular complexity index is 433. The first-order valence-corrected chi connectivity index (χ1v) is 8.01. The van der Waals surface area contributed by atoms with Crippen molar-refractivity contribution in [3.05, 3.63) is 22.4 Å². The molecule has 0 bridgehead atoms. The quantitative estimate of drug-likeness (QED) is 0.877. The molecular weight excluding hydrogens is 272 g/mol. The SMILES string of the molecule is COCC(C)CN1C(=O)C(C(C)C)NC1c1cccs1. The first-order chi connectivity index (χ1) is 9.54. The van der Waals surface area contributed by atoms with Gasteiger partial charge in [-0.15, -0.1) is 11.3 Å². The lowest BCUT2D eigenvalue weighted by atomic mass is 10.0. The fraction of sp³-hybridized carbons (Fsp3) is 0.667. The van der Waals surface area contributed by atoms with Gasteiger partial charge in [-0.3, -0.25) is 10.1 Å². The topological polar surface area (TPSA) is 41.6 Å². The Morgan fingerprint density at radius 1 is 1.45 bits per heavy atom. The molecule has 2 rings (SSSR count). The van der Waals surface area contributed by atoms with Crippen LogP contribution in [0.2, 0.25) is 0 Å². The van der Waals surface area contributed by atoms with Crippen molar-refractivity contribution < 1.29 is 9.53 Å². The molecule has 3 atom stereocenters. The Balaban J connectivity index is 2.17. The first-order valence-electron chi connectivity index (χ1n) is 7.13. The molecular formula is C15H24N2O2S. The van der Waals surface area contributed by atoms with E-state index >= 15 is 0 Å². The zero-order valence-electron chi connectivity index (χ0n) is 12.6. The van der Waals surface area contributed by atoms with Crippen LogP contribution in [-0.4, -0.2) is 37.1 Å². The third-order valence-electron chi connectivity index (χ3n) is 3.64. The summed E-state index contributed by atoms with van der Waals surface area (Å²) in [6.45, 7) is 7.69. The van der Waals surface area contributed by atoms with E-state index in [0.717, 1.165) is 6.54 Å². The Morgan fingerprint density at radius 2 is 2.20 bits per heavy atom. The molecule has 1 aromatic rings. The molecule has 0 spiro atoms. The van der Waals surface area contributed by atoms with E-state index in [1.54, 1.807) is 18.4 Å². The second-order valence-corrected chi connectivity index (χ2v) is 6.84. The van der Waals surface area contributed by atoms with Gasteiger partial charge in [-0.1, -0.05) is 26.8 Å². The highest BCUT2D eigenvalue weighted by molar-refractivity contribution is 7.10. The molecule has 3 unspecified atom stereocenters. The summed E-state index contributed by atoms with van der Waals surface area (Å²) in [6.07, 6.45) is 0.00852. The summed E-state index contributed by atoms with van der Waals surface area (Å²) in [5.74, 6) is 0.841. The van der Waals surface area contributed by atoms with Gasteiger partial charge in [-0.25, -0.2) is 0 Å². The van der Waals surface area contributed by atoms with Crippen molar-refractivity contribution in [2.75, 3.05) is 20.3 Å². The Morgan fingerprint density at radius 3 is 2.75 bits per heavy atom. The number of amides is 1. The van der Waals surface area contributed by atoms with Crippen LogP contribution in [0.15, 0.2) is 17.5 Å². The van der Waals surface area contributed by atoms with E-state index in [2.05, 4.69) is 37.5 Å². The molecule has 1 aliphatic rings. The number of carbonyl (C=O) groups is 1. The van der Waals surface area contributed by atoms with E-state index in [4.69, 9.17) is 4.74 Å². The largest absolute Gasteiger partial charge is 0.384 e. The predicted octanol–water partition coefficient (Wildman–Crippen LogP) is 2.49. The molecule has 1 fully saturated rings. The summed E-state index contributed by atoms with van der Waals surface area (Å²) in [7, 11) is 1.70. The van der Waals surface area contributed by atoms with Crippen molar-refractivity contribution in [3.8, 4) is 0 Å². The lowest BCUT2D eigenvalue weighted by Gasteiger charge is -2.26. The molecule has 20 heavy (non-hydrogen) atoms. The Labute approximate surface area is 125 Å². The number of nitrogens with one attached hydrogen (secondary N) is 1. The highest BCUT2D eigenvalue weighted by atomic mass is 32.1. The maximum Gasteiger partial charge on any atom is 0.241 e. The molecule has 2 heterocycles. The van der Waals surface area contributed by atoms with E-state index < -0.39 is 0 Å². The van der Waals surface area contributed by atoms with Crippen molar-refractivity contribution >= 4 is 17.2 Å². The van der Waals surface area contributed by atoms with Crippen molar-refractivity contribution in [2.45, 2.75) is 33.0 Å². The lowest BCUT2D eigenvalue weighted by Crippen LogP contribution is -2.37. The van der Waals surface area contributed by atoms with Gasteiger partial charge in [-0.05, 0) is 23.3 Å². The maximum atomic E-state index is 12.6. The molecule has 1 aromatic heterocycles. The van der Waals surface area contributed by atoms with Crippen LogP contribution in [0.3, 0.4) is 0 Å². The zero-order valence-corrected chi connectivity index (χ0v) is 13.4. The third-order valence-corrected chi connectivity index (χ3v) is 4.56. The fourth-order valence-electron chi connectivity index (χ4n) is 2.67. The van der Waals surface area contributed by atoms with E-state index in [0.29, 0.717) is 18.4 Å². The molecule has 0 aromatic carbocycles. The van der Waals surface area contributed by atoms with Crippen molar-refractivity contribution in [1.29, 1.82) is 0 Å². The van der Waals surface area contributed by atoms with Gasteiger partial charge < -0.3 is 9.64 Å². The summed E-state index contributed by atoms with van der Waals surface area (Å²) < 4.78 is 5.19. The monoisotopic (exact) mass is 296 g/mol. The van der Waals surface area contributed by atoms with Crippen LogP contribution in [0.5, 0.6) is 0 Å². The van der Waals surface area contributed by atoms with E-state index in [-0.39, 0.29) is 18.1 Å². The van der Waals surface area contributed by atoms with Crippen molar-refractivity contribution in [2.24, 2.45) is 11.8 Å². The summed E-state index contributed by atoms with van der Waals surface area (Å²) in [6, 6.07) is 4.04. The fourth-order valence-corrected chi connectivity index (χ4v) is 3.46. The van der Waals surface area contributed by atoms with E-state index in [1.807, 2.05) is 11.0 Å². The van der Waals surface area contributed by atoms with Crippen molar-refractivity contribution in [1.82, 2.24) is 10.2 Å². The predicted molar refractivity (Wildman–Crippen MR) is 81.6 cm³/mol. The molecule has 0 aliphatic carbocycles. The molecule has 5 heteroatoms. The highest BCUT2D eigenvalue weighted by Gasteiger charge is 2.41. The zero-order chi connectivity index (χ0) is 14.7. The van der Waals surface area contributed by atoms with Gasteiger partial charge in [0.1, 0.15) is 6.17 Å². The number of methoxy groups -OCH3 is 1. The highest BCUT2D eigenvalue weighted by Crippen LogP contribution is 2.31. The molecule has 112 valence electrons. The van der Waals surface area contributed by atoms with E-state index in [1.165, 1.54) is 4.88 Å². The molecule has 1 saturated heterocycles. The number of rotatable bonds is 6. The average Bonchev–Trinajstić information content (AvgIpc) is 2.99. The number of hydrogen-bond acceptors (Lipinski definition) is 4. The van der Waals surface area contributed by atoms with E-state index in [9.17, 15) is 4.79 Å². The molecule has 0 saturated carbocycles. The molecule has 1 N–H and O–H groups in total.